The minimum absolute atomic E-state index is 0.235. The molecule has 0 aliphatic carbocycles. The largest absolute Gasteiger partial charge is 0.361 e. The third kappa shape index (κ3) is 3.29. The molecule has 6 heteroatoms. The van der Waals surface area contributed by atoms with E-state index in [1.807, 2.05) is 6.20 Å². The first-order valence-corrected chi connectivity index (χ1v) is 9.10. The Kier molecular flexibility index (Phi) is 4.59. The first kappa shape index (κ1) is 17.0. The number of aromatic amines is 1. The summed E-state index contributed by atoms with van der Waals surface area (Å²) in [6.07, 6.45) is 4.07. The van der Waals surface area contributed by atoms with Gasteiger partial charge in [0.1, 0.15) is 17.3 Å². The number of likely N-dealkylation sites (tertiary alicyclic amines) is 1. The third-order valence-corrected chi connectivity index (χ3v) is 5.04. The lowest BCUT2D eigenvalue weighted by atomic mass is 10.1. The van der Waals surface area contributed by atoms with Crippen LogP contribution in [0.1, 0.15) is 55.7 Å². The lowest BCUT2D eigenvalue weighted by Crippen LogP contribution is -2.23. The molecule has 26 heavy (non-hydrogen) atoms. The summed E-state index contributed by atoms with van der Waals surface area (Å²) in [7, 11) is 0. The van der Waals surface area contributed by atoms with Crippen LogP contribution in [0.2, 0.25) is 0 Å². The van der Waals surface area contributed by atoms with Crippen molar-refractivity contribution in [2.24, 2.45) is 0 Å². The summed E-state index contributed by atoms with van der Waals surface area (Å²) >= 11 is 0. The number of nitrogens with zero attached hydrogens (tertiary/aromatic N) is 3. The predicted octanol–water partition coefficient (Wildman–Crippen LogP) is 4.66. The maximum absolute atomic E-state index is 13.2. The standard InChI is InChI=1S/C20H23FN4O/c1-13(2)19-10-17(24-26-19)18-4-3-9-25(18)12-15-11-22-23-20(15)14-5-7-16(21)8-6-14/h5-8,10-11,13,18H,3-4,9,12H2,1-2H3,(H,22,23). The molecule has 2 aromatic heterocycles. The summed E-state index contributed by atoms with van der Waals surface area (Å²) in [5.74, 6) is 1.04. The van der Waals surface area contributed by atoms with Crippen LogP contribution in [0, 0.1) is 5.82 Å². The SMILES string of the molecule is CC(C)c1cc(C2CCCN2Cc2cn[nH]c2-c2ccc(F)cc2)no1. The van der Waals surface area contributed by atoms with Crippen LogP contribution in [0.15, 0.2) is 41.1 Å². The fourth-order valence-electron chi connectivity index (χ4n) is 3.60. The zero-order valence-corrected chi connectivity index (χ0v) is 15.1. The maximum Gasteiger partial charge on any atom is 0.139 e. The van der Waals surface area contributed by atoms with Gasteiger partial charge in [-0.1, -0.05) is 19.0 Å². The normalized spacial score (nSPS) is 18.1. The molecule has 3 heterocycles. The van der Waals surface area contributed by atoms with Crippen LogP contribution in [0.4, 0.5) is 4.39 Å². The van der Waals surface area contributed by atoms with Gasteiger partial charge in [0, 0.05) is 29.7 Å². The number of benzene rings is 1. The molecule has 5 nitrogen and oxygen atoms in total. The van der Waals surface area contributed by atoms with Crippen LogP contribution in [-0.2, 0) is 6.54 Å². The Hall–Kier alpha value is -2.47. The maximum atomic E-state index is 13.2. The molecule has 1 fully saturated rings. The van der Waals surface area contributed by atoms with E-state index >= 15 is 0 Å². The Morgan fingerprint density at radius 3 is 2.85 bits per heavy atom. The molecule has 1 N–H and O–H groups in total. The minimum Gasteiger partial charge on any atom is -0.361 e. The highest BCUT2D eigenvalue weighted by Gasteiger charge is 2.29. The van der Waals surface area contributed by atoms with E-state index < -0.39 is 0 Å². The van der Waals surface area contributed by atoms with Crippen molar-refractivity contribution in [3.05, 3.63) is 59.4 Å². The average Bonchev–Trinajstić information content (AvgIpc) is 3.35. The Morgan fingerprint density at radius 1 is 1.31 bits per heavy atom. The van der Waals surface area contributed by atoms with Crippen molar-refractivity contribution in [1.82, 2.24) is 20.3 Å². The molecule has 136 valence electrons. The van der Waals surface area contributed by atoms with E-state index in [0.717, 1.165) is 54.2 Å². The van der Waals surface area contributed by atoms with E-state index in [4.69, 9.17) is 4.52 Å². The van der Waals surface area contributed by atoms with Crippen LogP contribution in [0.3, 0.4) is 0 Å². The summed E-state index contributed by atoms with van der Waals surface area (Å²) < 4.78 is 18.7. The fraction of sp³-hybridized carbons (Fsp3) is 0.400. The summed E-state index contributed by atoms with van der Waals surface area (Å²) in [6, 6.07) is 8.86. The summed E-state index contributed by atoms with van der Waals surface area (Å²) in [4.78, 5) is 2.42. The number of rotatable bonds is 5. The molecule has 1 aliphatic rings. The second-order valence-electron chi connectivity index (χ2n) is 7.21. The highest BCUT2D eigenvalue weighted by atomic mass is 19.1. The number of halogens is 1. The van der Waals surface area contributed by atoms with Crippen LogP contribution in [-0.4, -0.2) is 26.8 Å². The first-order chi connectivity index (χ1) is 12.6. The van der Waals surface area contributed by atoms with Crippen LogP contribution >= 0.6 is 0 Å². The molecule has 0 amide bonds. The Morgan fingerprint density at radius 2 is 2.12 bits per heavy atom. The van der Waals surface area contributed by atoms with Gasteiger partial charge in [0.05, 0.1) is 17.9 Å². The average molecular weight is 354 g/mol. The number of nitrogens with one attached hydrogen (secondary N) is 1. The fourth-order valence-corrected chi connectivity index (χ4v) is 3.60. The second kappa shape index (κ2) is 7.03. The minimum atomic E-state index is -0.235. The Balaban J connectivity index is 1.55. The van der Waals surface area contributed by atoms with Crippen LogP contribution in [0.5, 0.6) is 0 Å². The van der Waals surface area contributed by atoms with Gasteiger partial charge in [0.25, 0.3) is 0 Å². The molecular weight excluding hydrogens is 331 g/mol. The van der Waals surface area contributed by atoms with Gasteiger partial charge in [0.2, 0.25) is 0 Å². The number of aromatic nitrogens is 3. The Bertz CT molecular complexity index is 868. The van der Waals surface area contributed by atoms with Gasteiger partial charge in [-0.2, -0.15) is 5.10 Å². The van der Waals surface area contributed by atoms with Gasteiger partial charge in [0.15, 0.2) is 0 Å². The topological polar surface area (TPSA) is 58.0 Å². The summed E-state index contributed by atoms with van der Waals surface area (Å²) in [6.45, 7) is 6.01. The molecule has 1 unspecified atom stereocenters. The van der Waals surface area contributed by atoms with Gasteiger partial charge in [-0.05, 0) is 43.7 Å². The van der Waals surface area contributed by atoms with Crippen molar-refractivity contribution >= 4 is 0 Å². The van der Waals surface area contributed by atoms with E-state index in [1.165, 1.54) is 12.1 Å². The Labute approximate surface area is 152 Å². The number of hydrogen-bond acceptors (Lipinski definition) is 4. The lowest BCUT2D eigenvalue weighted by molar-refractivity contribution is 0.236. The van der Waals surface area contributed by atoms with E-state index in [-0.39, 0.29) is 11.9 Å². The molecule has 3 aromatic rings. The second-order valence-corrected chi connectivity index (χ2v) is 7.21. The molecule has 0 saturated carbocycles. The van der Waals surface area contributed by atoms with Gasteiger partial charge in [-0.15, -0.1) is 0 Å². The van der Waals surface area contributed by atoms with Crippen molar-refractivity contribution < 1.29 is 8.91 Å². The lowest BCUT2D eigenvalue weighted by Gasteiger charge is -2.22. The highest BCUT2D eigenvalue weighted by molar-refractivity contribution is 5.62. The molecule has 0 spiro atoms. The molecule has 1 aromatic carbocycles. The quantitative estimate of drug-likeness (QED) is 0.724. The monoisotopic (exact) mass is 354 g/mol. The van der Waals surface area contributed by atoms with E-state index in [9.17, 15) is 4.39 Å². The molecule has 1 atom stereocenters. The van der Waals surface area contributed by atoms with E-state index in [0.29, 0.717) is 5.92 Å². The molecule has 4 rings (SSSR count). The summed E-state index contributed by atoms with van der Waals surface area (Å²) in [5.41, 5.74) is 4.01. The van der Waals surface area contributed by atoms with Crippen molar-refractivity contribution in [2.75, 3.05) is 6.54 Å². The third-order valence-electron chi connectivity index (χ3n) is 5.04. The smallest absolute Gasteiger partial charge is 0.139 e. The van der Waals surface area contributed by atoms with Crippen LogP contribution in [0.25, 0.3) is 11.3 Å². The number of hydrogen-bond donors (Lipinski definition) is 1. The zero-order valence-electron chi connectivity index (χ0n) is 15.1. The van der Waals surface area contributed by atoms with E-state index in [1.54, 1.807) is 12.1 Å². The number of H-pyrrole nitrogens is 1. The zero-order chi connectivity index (χ0) is 18.1. The van der Waals surface area contributed by atoms with Gasteiger partial charge in [-0.25, -0.2) is 4.39 Å². The molecule has 0 bridgehead atoms. The van der Waals surface area contributed by atoms with Crippen molar-refractivity contribution in [2.45, 2.75) is 45.2 Å². The van der Waals surface area contributed by atoms with Gasteiger partial charge < -0.3 is 4.52 Å². The highest BCUT2D eigenvalue weighted by Crippen LogP contribution is 2.35. The van der Waals surface area contributed by atoms with Crippen molar-refractivity contribution in [1.29, 1.82) is 0 Å². The first-order valence-electron chi connectivity index (χ1n) is 9.10. The van der Waals surface area contributed by atoms with Crippen LogP contribution < -0.4 is 0 Å². The van der Waals surface area contributed by atoms with Crippen molar-refractivity contribution in [3.63, 3.8) is 0 Å². The molecular formula is C20H23FN4O. The van der Waals surface area contributed by atoms with Crippen molar-refractivity contribution in [3.8, 4) is 11.3 Å². The summed E-state index contributed by atoms with van der Waals surface area (Å²) in [5, 5.41) is 11.6. The predicted molar refractivity (Wildman–Crippen MR) is 97.0 cm³/mol. The molecule has 0 radical (unpaired) electrons. The van der Waals surface area contributed by atoms with Gasteiger partial charge in [-0.3, -0.25) is 10.00 Å². The van der Waals surface area contributed by atoms with Gasteiger partial charge >= 0.3 is 0 Å². The van der Waals surface area contributed by atoms with E-state index in [2.05, 4.69) is 40.2 Å². The molecule has 1 aliphatic heterocycles. The molecule has 1 saturated heterocycles.